The predicted molar refractivity (Wildman–Crippen MR) is 166 cm³/mol. The van der Waals surface area contributed by atoms with E-state index in [9.17, 15) is 26.2 Å². The zero-order chi connectivity index (χ0) is 32.3. The van der Waals surface area contributed by atoms with Gasteiger partial charge >= 0.3 is 0 Å². The summed E-state index contributed by atoms with van der Waals surface area (Å²) in [7, 11) is -8.35. The van der Waals surface area contributed by atoms with Crippen molar-refractivity contribution in [2.24, 2.45) is 10.2 Å². The number of anilines is 4. The van der Waals surface area contributed by atoms with Gasteiger partial charge in [0.1, 0.15) is 5.69 Å². The van der Waals surface area contributed by atoms with Crippen molar-refractivity contribution in [2.45, 2.75) is 13.3 Å². The minimum atomic E-state index is -4.22. The van der Waals surface area contributed by atoms with Gasteiger partial charge in [-0.3, -0.25) is 13.9 Å². The minimum Gasteiger partial charge on any atom is -0.384 e. The van der Waals surface area contributed by atoms with Crippen LogP contribution < -0.4 is 15.5 Å². The number of amides is 1. The number of nitrogens with one attached hydrogen (secondary N) is 2. The number of rotatable bonds is 17. The maximum Gasteiger partial charge on any atom is 0.266 e. The van der Waals surface area contributed by atoms with Crippen molar-refractivity contribution in [1.82, 2.24) is 9.36 Å². The fourth-order valence-electron chi connectivity index (χ4n) is 3.52. The summed E-state index contributed by atoms with van der Waals surface area (Å²) in [5, 5.41) is 25.7. The van der Waals surface area contributed by atoms with Crippen LogP contribution in [0.1, 0.15) is 19.2 Å². The highest BCUT2D eigenvalue weighted by Gasteiger charge is 2.16. The smallest absolute Gasteiger partial charge is 0.266 e. The summed E-state index contributed by atoms with van der Waals surface area (Å²) in [6, 6.07) is 11.6. The van der Waals surface area contributed by atoms with E-state index < -0.39 is 37.6 Å². The Morgan fingerprint density at radius 1 is 1.07 bits per heavy atom. The lowest BCUT2D eigenvalue weighted by Gasteiger charge is -2.26. The van der Waals surface area contributed by atoms with Gasteiger partial charge in [-0.15, -0.1) is 14.6 Å². The molecule has 0 aliphatic carbocycles. The van der Waals surface area contributed by atoms with Crippen LogP contribution in [-0.4, -0.2) is 71.1 Å². The Kier molecular flexibility index (Phi) is 12.7. The molecule has 0 aliphatic rings. The molecule has 238 valence electrons. The van der Waals surface area contributed by atoms with Gasteiger partial charge in [0.25, 0.3) is 20.2 Å². The van der Waals surface area contributed by atoms with Crippen LogP contribution in [0, 0.1) is 0 Å². The first kappa shape index (κ1) is 34.9. The molecular formula is C23H27N7O10S4. The molecule has 1 heterocycles. The van der Waals surface area contributed by atoms with Crippen LogP contribution in [0.5, 0.6) is 0 Å². The average Bonchev–Trinajstić information content (AvgIpc) is 3.42. The number of azo groups is 1. The van der Waals surface area contributed by atoms with Crippen LogP contribution in [0.15, 0.2) is 59.3 Å². The van der Waals surface area contributed by atoms with Gasteiger partial charge in [0.2, 0.25) is 11.0 Å². The van der Waals surface area contributed by atoms with E-state index in [2.05, 4.69) is 46.2 Å². The lowest BCUT2D eigenvalue weighted by Crippen LogP contribution is -2.21. The fourth-order valence-corrected chi connectivity index (χ4v) is 5.24. The van der Waals surface area contributed by atoms with Crippen LogP contribution in [-0.2, 0) is 34.4 Å². The summed E-state index contributed by atoms with van der Waals surface area (Å²) in [4.78, 5) is 18.1. The summed E-state index contributed by atoms with van der Waals surface area (Å²) in [6.07, 6.45) is 0.0581. The van der Waals surface area contributed by atoms with Gasteiger partial charge in [0.05, 0.1) is 34.1 Å². The molecule has 0 atom stereocenters. The molecule has 2 aromatic carbocycles. The summed E-state index contributed by atoms with van der Waals surface area (Å²) in [6.45, 7) is 5.11. The van der Waals surface area contributed by atoms with E-state index in [1.54, 1.807) is 47.4 Å². The molecule has 44 heavy (non-hydrogen) atoms. The Balaban J connectivity index is 1.89. The van der Waals surface area contributed by atoms with Crippen molar-refractivity contribution in [3.8, 4) is 0 Å². The number of nitrogens with zero attached hydrogens (tertiary/aromatic N) is 5. The van der Waals surface area contributed by atoms with E-state index in [0.717, 1.165) is 11.5 Å². The number of benzene rings is 2. The third kappa shape index (κ3) is 11.9. The lowest BCUT2D eigenvalue weighted by atomic mass is 10.1. The maximum absolute atomic E-state index is 12.0. The van der Waals surface area contributed by atoms with Crippen LogP contribution in [0.2, 0.25) is 0 Å². The van der Waals surface area contributed by atoms with Crippen molar-refractivity contribution in [3.63, 3.8) is 0 Å². The van der Waals surface area contributed by atoms with Gasteiger partial charge in [-0.2, -0.15) is 26.2 Å². The zero-order valence-electron chi connectivity index (χ0n) is 22.9. The van der Waals surface area contributed by atoms with Crippen molar-refractivity contribution >= 4 is 88.2 Å². The van der Waals surface area contributed by atoms with Crippen LogP contribution in [0.25, 0.3) is 4.91 Å². The zero-order valence-corrected chi connectivity index (χ0v) is 26.1. The third-order valence-corrected chi connectivity index (χ3v) is 7.97. The second-order valence-electron chi connectivity index (χ2n) is 8.68. The van der Waals surface area contributed by atoms with E-state index >= 15 is 0 Å². The standard InChI is InChI=1S/C23H27N7O10S4/c1-15(42-40-39-32)22-26-23(41-29-22)28-27-20-9-8-19(14-21(20)25-16(2)31)30(11-3-12-43(33,34)35)18-6-4-17(5-7-18)24-10-13-44(36,37)38/h4-9,14,24,32H,1,3,10-13H2,2H3,(H,25,31)(H,33,34,35)(H,36,37,38). The van der Waals surface area contributed by atoms with Crippen LogP contribution >= 0.6 is 23.6 Å². The Morgan fingerprint density at radius 3 is 2.39 bits per heavy atom. The first-order valence-corrected chi connectivity index (χ1v) is 17.0. The topological polar surface area (TPSA) is 242 Å². The molecule has 0 fully saturated rings. The van der Waals surface area contributed by atoms with E-state index in [0.29, 0.717) is 29.1 Å². The lowest BCUT2D eigenvalue weighted by molar-refractivity contribution is -0.431. The summed E-state index contributed by atoms with van der Waals surface area (Å²) < 4.78 is 71.2. The van der Waals surface area contributed by atoms with E-state index in [1.165, 1.54) is 6.92 Å². The molecule has 0 radical (unpaired) electrons. The number of hydrogen-bond donors (Lipinski definition) is 5. The second-order valence-corrected chi connectivity index (χ2v) is 13.4. The molecule has 0 bridgehead atoms. The average molecular weight is 690 g/mol. The quantitative estimate of drug-likeness (QED) is 0.0425. The summed E-state index contributed by atoms with van der Waals surface area (Å²) >= 11 is 1.50. The molecule has 0 aliphatic heterocycles. The molecule has 3 aromatic rings. The van der Waals surface area contributed by atoms with Crippen molar-refractivity contribution < 1.29 is 45.4 Å². The SMILES string of the molecule is C=C(SOOO)c1nsc(N=Nc2ccc(N(CCCS(=O)(=O)O)c3ccc(NCCS(=O)(=O)O)cc3)cc2NC(C)=O)n1. The molecule has 0 saturated carbocycles. The van der Waals surface area contributed by atoms with Gasteiger partial charge in [-0.1, -0.05) is 11.6 Å². The van der Waals surface area contributed by atoms with Crippen molar-refractivity contribution in [1.29, 1.82) is 0 Å². The molecule has 21 heteroatoms. The second kappa shape index (κ2) is 16.0. The monoisotopic (exact) mass is 689 g/mol. The molecule has 1 amide bonds. The van der Waals surface area contributed by atoms with Gasteiger partial charge in [-0.05, 0) is 48.9 Å². The molecular weight excluding hydrogens is 663 g/mol. The highest BCUT2D eigenvalue weighted by Crippen LogP contribution is 2.36. The molecule has 0 spiro atoms. The first-order valence-electron chi connectivity index (χ1n) is 12.3. The van der Waals surface area contributed by atoms with Crippen molar-refractivity contribution in [3.05, 3.63) is 54.9 Å². The maximum atomic E-state index is 12.0. The minimum absolute atomic E-state index is 0.0223. The normalized spacial score (nSPS) is 11.9. The predicted octanol–water partition coefficient (Wildman–Crippen LogP) is 4.67. The fraction of sp³-hybridized carbons (Fsp3) is 0.261. The van der Waals surface area contributed by atoms with Gasteiger partial charge in [0.15, 0.2) is 5.82 Å². The Morgan fingerprint density at radius 2 is 1.75 bits per heavy atom. The van der Waals surface area contributed by atoms with Gasteiger partial charge in [-0.25, -0.2) is 5.26 Å². The van der Waals surface area contributed by atoms with Gasteiger partial charge in [0, 0.05) is 48.6 Å². The van der Waals surface area contributed by atoms with E-state index in [-0.39, 0.29) is 46.7 Å². The van der Waals surface area contributed by atoms with Gasteiger partial charge < -0.3 is 15.5 Å². The largest absolute Gasteiger partial charge is 0.384 e. The Labute approximate surface area is 260 Å². The number of hydrogen-bond acceptors (Lipinski definition) is 16. The third-order valence-electron chi connectivity index (χ3n) is 5.33. The Hall–Kier alpha value is -3.54. The number of carbonyl (C=O) groups is 1. The van der Waals surface area contributed by atoms with Crippen LogP contribution in [0.3, 0.4) is 0 Å². The van der Waals surface area contributed by atoms with Crippen LogP contribution in [0.4, 0.5) is 33.6 Å². The molecule has 3 rings (SSSR count). The molecule has 5 N–H and O–H groups in total. The summed E-state index contributed by atoms with van der Waals surface area (Å²) in [5.41, 5.74) is 2.26. The molecule has 1 aromatic heterocycles. The highest BCUT2D eigenvalue weighted by molar-refractivity contribution is 8.03. The Bertz CT molecular complexity index is 1700. The van der Waals surface area contributed by atoms with Crippen molar-refractivity contribution in [2.75, 3.05) is 40.1 Å². The molecule has 0 unspecified atom stereocenters. The van der Waals surface area contributed by atoms with E-state index in [4.69, 9.17) is 9.81 Å². The molecule has 17 nitrogen and oxygen atoms in total. The highest BCUT2D eigenvalue weighted by atomic mass is 32.2. The first-order chi connectivity index (χ1) is 20.7. The number of carbonyl (C=O) groups excluding carboxylic acids is 1. The number of aromatic nitrogens is 2. The summed E-state index contributed by atoms with van der Waals surface area (Å²) in [5.74, 6) is -1.19. The molecule has 0 saturated heterocycles. The van der Waals surface area contributed by atoms with E-state index in [1.807, 2.05) is 0 Å².